The van der Waals surface area contributed by atoms with Gasteiger partial charge < -0.3 is 10.6 Å². The molecule has 0 aliphatic carbocycles. The third kappa shape index (κ3) is 6.17. The van der Waals surface area contributed by atoms with Crippen molar-refractivity contribution in [3.05, 3.63) is 59.4 Å². The number of urea groups is 1. The minimum Gasteiger partial charge on any atom is -0.338 e. The molecule has 0 saturated heterocycles. The van der Waals surface area contributed by atoms with Crippen LogP contribution in [0.1, 0.15) is 12.0 Å². The molecule has 24 heavy (non-hydrogen) atoms. The molecule has 2 amide bonds. The highest BCUT2D eigenvalue weighted by atomic mass is 35.5. The van der Waals surface area contributed by atoms with E-state index in [1.807, 2.05) is 6.07 Å². The average molecular weight is 368 g/mol. The number of nitrogens with zero attached hydrogens (tertiary/aromatic N) is 1. The van der Waals surface area contributed by atoms with E-state index in [0.29, 0.717) is 12.1 Å². The smallest absolute Gasteiger partial charge is 0.319 e. The summed E-state index contributed by atoms with van der Waals surface area (Å²) >= 11 is 5.83. The van der Waals surface area contributed by atoms with Crippen molar-refractivity contribution in [2.24, 2.45) is 0 Å². The van der Waals surface area contributed by atoms with Crippen LogP contribution in [0.2, 0.25) is 5.15 Å². The van der Waals surface area contributed by atoms with Gasteiger partial charge in [0.05, 0.1) is 17.2 Å². The van der Waals surface area contributed by atoms with Crippen molar-refractivity contribution >= 4 is 33.2 Å². The first-order valence-corrected chi connectivity index (χ1v) is 9.56. The molecule has 1 aromatic heterocycles. The molecule has 0 aliphatic rings. The lowest BCUT2D eigenvalue weighted by Crippen LogP contribution is -2.30. The summed E-state index contributed by atoms with van der Waals surface area (Å²) in [4.78, 5) is 15.6. The summed E-state index contributed by atoms with van der Waals surface area (Å²) in [6, 6.07) is 11.8. The van der Waals surface area contributed by atoms with Crippen molar-refractivity contribution < 1.29 is 13.2 Å². The van der Waals surface area contributed by atoms with Gasteiger partial charge in [-0.05, 0) is 24.1 Å². The van der Waals surface area contributed by atoms with Crippen LogP contribution in [-0.2, 0) is 15.6 Å². The maximum atomic E-state index is 12.0. The summed E-state index contributed by atoms with van der Waals surface area (Å²) in [6.45, 7) is 0.248. The molecule has 2 aromatic rings. The molecular weight excluding hydrogens is 350 g/mol. The first-order chi connectivity index (χ1) is 11.5. The van der Waals surface area contributed by atoms with Crippen molar-refractivity contribution in [2.75, 3.05) is 17.6 Å². The van der Waals surface area contributed by atoms with Crippen molar-refractivity contribution in [1.29, 1.82) is 0 Å². The summed E-state index contributed by atoms with van der Waals surface area (Å²) < 4.78 is 24.1. The molecular formula is C16H18ClN3O3S. The molecule has 0 radical (unpaired) electrons. The number of aromatic nitrogens is 1. The van der Waals surface area contributed by atoms with Crippen LogP contribution in [0.15, 0.2) is 48.7 Å². The fraction of sp³-hybridized carbons (Fsp3) is 0.250. The second-order valence-electron chi connectivity index (χ2n) is 5.15. The van der Waals surface area contributed by atoms with Gasteiger partial charge in [-0.3, -0.25) is 0 Å². The van der Waals surface area contributed by atoms with Gasteiger partial charge in [-0.1, -0.05) is 41.9 Å². The number of pyridine rings is 1. The Balaban J connectivity index is 1.72. The van der Waals surface area contributed by atoms with Gasteiger partial charge in [0.25, 0.3) is 0 Å². The Bertz CT molecular complexity index is 782. The van der Waals surface area contributed by atoms with Crippen LogP contribution in [0.3, 0.4) is 0 Å². The molecule has 1 aromatic carbocycles. The topological polar surface area (TPSA) is 88.2 Å². The number of carbonyl (C=O) groups excluding carboxylic acids is 1. The van der Waals surface area contributed by atoms with E-state index >= 15 is 0 Å². The van der Waals surface area contributed by atoms with Gasteiger partial charge >= 0.3 is 6.03 Å². The number of nitrogens with one attached hydrogen (secondary N) is 2. The Morgan fingerprint density at radius 1 is 1.12 bits per heavy atom. The van der Waals surface area contributed by atoms with Gasteiger partial charge in [-0.2, -0.15) is 0 Å². The molecule has 0 aliphatic heterocycles. The van der Waals surface area contributed by atoms with Gasteiger partial charge in [0.15, 0.2) is 15.0 Å². The fourth-order valence-electron chi connectivity index (χ4n) is 2.04. The SMILES string of the molecule is O=C(NCCCS(=O)(=O)Cc1ccccc1)Nc1cccnc1Cl. The Hall–Kier alpha value is -2.12. The standard InChI is InChI=1S/C16H18ClN3O3S/c17-15-14(8-4-9-18-15)20-16(21)19-10-5-11-24(22,23)12-13-6-2-1-3-7-13/h1-4,6-9H,5,10-12H2,(H2,19,20,21). The normalized spacial score (nSPS) is 11.0. The number of benzene rings is 1. The molecule has 0 bridgehead atoms. The molecule has 0 fully saturated rings. The van der Waals surface area contributed by atoms with Crippen LogP contribution < -0.4 is 10.6 Å². The molecule has 2 N–H and O–H groups in total. The van der Waals surface area contributed by atoms with Crippen LogP contribution in [0.4, 0.5) is 10.5 Å². The van der Waals surface area contributed by atoms with Gasteiger partial charge in [-0.15, -0.1) is 0 Å². The van der Waals surface area contributed by atoms with Crippen LogP contribution in [0.5, 0.6) is 0 Å². The van der Waals surface area contributed by atoms with Gasteiger partial charge in [0.1, 0.15) is 0 Å². The largest absolute Gasteiger partial charge is 0.338 e. The number of rotatable bonds is 7. The number of amides is 2. The highest BCUT2D eigenvalue weighted by Gasteiger charge is 2.12. The number of hydrogen-bond donors (Lipinski definition) is 2. The van der Waals surface area contributed by atoms with E-state index in [4.69, 9.17) is 11.6 Å². The molecule has 1 heterocycles. The zero-order chi connectivity index (χ0) is 17.4. The van der Waals surface area contributed by atoms with E-state index in [-0.39, 0.29) is 23.2 Å². The molecule has 2 rings (SSSR count). The number of sulfone groups is 1. The molecule has 0 unspecified atom stereocenters. The van der Waals surface area contributed by atoms with E-state index in [0.717, 1.165) is 5.56 Å². The molecule has 6 nitrogen and oxygen atoms in total. The zero-order valence-corrected chi connectivity index (χ0v) is 14.5. The first-order valence-electron chi connectivity index (χ1n) is 7.36. The van der Waals surface area contributed by atoms with Gasteiger partial charge in [0.2, 0.25) is 0 Å². The molecule has 0 saturated carbocycles. The summed E-state index contributed by atoms with van der Waals surface area (Å²) in [5, 5.41) is 5.34. The van der Waals surface area contributed by atoms with Crippen LogP contribution >= 0.6 is 11.6 Å². The number of carbonyl (C=O) groups is 1. The lowest BCUT2D eigenvalue weighted by Gasteiger charge is -2.08. The van der Waals surface area contributed by atoms with E-state index in [1.165, 1.54) is 6.20 Å². The summed E-state index contributed by atoms with van der Waals surface area (Å²) in [7, 11) is -3.20. The lowest BCUT2D eigenvalue weighted by atomic mass is 10.2. The minimum atomic E-state index is -3.20. The van der Waals surface area contributed by atoms with Crippen LogP contribution in [-0.4, -0.2) is 31.7 Å². The molecule has 8 heteroatoms. The first kappa shape index (κ1) is 18.2. The Kier molecular flexibility index (Phi) is 6.57. The maximum Gasteiger partial charge on any atom is 0.319 e. The Morgan fingerprint density at radius 3 is 2.58 bits per heavy atom. The third-order valence-corrected chi connectivity index (χ3v) is 5.14. The van der Waals surface area contributed by atoms with Crippen LogP contribution in [0, 0.1) is 0 Å². The maximum absolute atomic E-state index is 12.0. The summed E-state index contributed by atoms with van der Waals surface area (Å²) in [6.07, 6.45) is 1.85. The zero-order valence-electron chi connectivity index (χ0n) is 12.9. The Labute approximate surface area is 146 Å². The predicted octanol–water partition coefficient (Wildman–Crippen LogP) is 2.86. The van der Waals surface area contributed by atoms with Crippen LogP contribution in [0.25, 0.3) is 0 Å². The third-order valence-electron chi connectivity index (χ3n) is 3.15. The van der Waals surface area contributed by atoms with E-state index < -0.39 is 15.9 Å². The minimum absolute atomic E-state index is 0.00529. The fourth-order valence-corrected chi connectivity index (χ4v) is 3.64. The lowest BCUT2D eigenvalue weighted by molar-refractivity contribution is 0.252. The number of halogens is 1. The summed E-state index contributed by atoms with van der Waals surface area (Å²) in [5.74, 6) is 0.0150. The Morgan fingerprint density at radius 2 is 1.88 bits per heavy atom. The second-order valence-corrected chi connectivity index (χ2v) is 7.70. The molecule has 0 atom stereocenters. The average Bonchev–Trinajstić information content (AvgIpc) is 2.54. The second kappa shape index (κ2) is 8.65. The van der Waals surface area contributed by atoms with Crippen molar-refractivity contribution in [1.82, 2.24) is 10.3 Å². The molecule has 128 valence electrons. The van der Waals surface area contributed by atoms with Gasteiger partial charge in [-0.25, -0.2) is 18.2 Å². The van der Waals surface area contributed by atoms with E-state index in [2.05, 4.69) is 15.6 Å². The van der Waals surface area contributed by atoms with Crippen molar-refractivity contribution in [3.8, 4) is 0 Å². The van der Waals surface area contributed by atoms with E-state index in [9.17, 15) is 13.2 Å². The van der Waals surface area contributed by atoms with E-state index in [1.54, 1.807) is 36.4 Å². The quantitative estimate of drug-likeness (QED) is 0.581. The van der Waals surface area contributed by atoms with Crippen molar-refractivity contribution in [2.45, 2.75) is 12.2 Å². The highest BCUT2D eigenvalue weighted by molar-refractivity contribution is 7.90. The van der Waals surface area contributed by atoms with Gasteiger partial charge in [0, 0.05) is 12.7 Å². The number of anilines is 1. The summed E-state index contributed by atoms with van der Waals surface area (Å²) in [5.41, 5.74) is 1.16. The predicted molar refractivity (Wildman–Crippen MR) is 94.8 cm³/mol. The molecule has 0 spiro atoms. The van der Waals surface area contributed by atoms with Crippen molar-refractivity contribution in [3.63, 3.8) is 0 Å². The number of hydrogen-bond acceptors (Lipinski definition) is 4. The highest BCUT2D eigenvalue weighted by Crippen LogP contribution is 2.16. The monoisotopic (exact) mass is 367 g/mol.